The Kier molecular flexibility index (Phi) is 4.49. The molecule has 4 nitrogen and oxygen atoms in total. The van der Waals surface area contributed by atoms with Crippen molar-refractivity contribution in [3.8, 4) is 6.07 Å². The fourth-order valence-corrected chi connectivity index (χ4v) is 3.44. The number of benzene rings is 1. The third kappa shape index (κ3) is 3.01. The molecule has 0 saturated carbocycles. The van der Waals surface area contributed by atoms with Gasteiger partial charge in [-0.1, -0.05) is 12.1 Å². The number of nitrogens with two attached hydrogens (primary N) is 1. The number of hydrogen-bond donors (Lipinski definition) is 1. The Bertz CT molecular complexity index is 714. The van der Waals surface area contributed by atoms with E-state index >= 15 is 0 Å². The van der Waals surface area contributed by atoms with Crippen molar-refractivity contribution in [3.05, 3.63) is 28.6 Å². The van der Waals surface area contributed by atoms with Crippen molar-refractivity contribution in [2.75, 3.05) is 18.8 Å². The molecular weight excluding hydrogens is 282 g/mol. The van der Waals surface area contributed by atoms with Crippen LogP contribution in [0.15, 0.2) is 18.2 Å². The van der Waals surface area contributed by atoms with Crippen molar-refractivity contribution in [2.24, 2.45) is 5.92 Å². The molecule has 110 valence electrons. The number of carbonyl (C=O) groups is 1. The average Bonchev–Trinajstić information content (AvgIpc) is 2.80. The molecule has 5 heteroatoms. The van der Waals surface area contributed by atoms with Crippen LogP contribution in [0.1, 0.15) is 29.1 Å². The van der Waals surface area contributed by atoms with Crippen LogP contribution in [0.4, 0.5) is 5.69 Å². The lowest BCUT2D eigenvalue weighted by molar-refractivity contribution is 0.0758. The maximum atomic E-state index is 12.6. The number of thiophene rings is 1. The first-order valence-electron chi connectivity index (χ1n) is 6.95. The Morgan fingerprint density at radius 3 is 2.86 bits per heavy atom. The molecular formula is C16H19N3OS. The summed E-state index contributed by atoms with van der Waals surface area (Å²) < 4.78 is 1.03. The van der Waals surface area contributed by atoms with Crippen molar-refractivity contribution in [2.45, 2.75) is 20.8 Å². The fourth-order valence-electron chi connectivity index (χ4n) is 2.25. The molecule has 0 spiro atoms. The minimum atomic E-state index is -0.188. The van der Waals surface area contributed by atoms with Crippen molar-refractivity contribution in [1.82, 2.24) is 4.90 Å². The molecule has 1 amide bonds. The first kappa shape index (κ1) is 15.3. The minimum Gasteiger partial charge on any atom is -0.397 e. The number of carbonyl (C=O) groups excluding carboxylic acids is 1. The van der Waals surface area contributed by atoms with Crippen molar-refractivity contribution >= 4 is 33.0 Å². The number of rotatable bonds is 4. The number of nitrogens with zero attached hydrogens (tertiary/aromatic N) is 2. The van der Waals surface area contributed by atoms with Crippen molar-refractivity contribution in [1.29, 1.82) is 5.26 Å². The molecule has 1 heterocycles. The highest BCUT2D eigenvalue weighted by atomic mass is 32.1. The number of fused-ring (bicyclic) bond motifs is 1. The monoisotopic (exact) mass is 301 g/mol. The summed E-state index contributed by atoms with van der Waals surface area (Å²) in [6.07, 6.45) is 0. The number of nitrogen functional groups attached to an aromatic ring is 1. The highest BCUT2D eigenvalue weighted by Crippen LogP contribution is 2.35. The van der Waals surface area contributed by atoms with Gasteiger partial charge in [-0.2, -0.15) is 5.26 Å². The van der Waals surface area contributed by atoms with E-state index in [0.717, 1.165) is 15.6 Å². The molecule has 0 saturated heterocycles. The number of amides is 1. The second kappa shape index (κ2) is 6.15. The first-order chi connectivity index (χ1) is 9.97. The van der Waals surface area contributed by atoms with Gasteiger partial charge in [0.05, 0.1) is 17.7 Å². The molecule has 1 atom stereocenters. The molecule has 21 heavy (non-hydrogen) atoms. The number of aryl methyl sites for hydroxylation is 1. The van der Waals surface area contributed by atoms with Gasteiger partial charge >= 0.3 is 0 Å². The average molecular weight is 301 g/mol. The zero-order chi connectivity index (χ0) is 15.6. The maximum absolute atomic E-state index is 12.6. The molecule has 2 N–H and O–H groups in total. The summed E-state index contributed by atoms with van der Waals surface area (Å²) in [5, 5.41) is 9.85. The fraction of sp³-hybridized carbons (Fsp3) is 0.375. The van der Waals surface area contributed by atoms with E-state index in [2.05, 4.69) is 6.07 Å². The topological polar surface area (TPSA) is 70.1 Å². The number of anilines is 1. The van der Waals surface area contributed by atoms with Gasteiger partial charge in [0.25, 0.3) is 5.91 Å². The van der Waals surface area contributed by atoms with Crippen LogP contribution < -0.4 is 5.73 Å². The van der Waals surface area contributed by atoms with Crippen LogP contribution in [0, 0.1) is 24.2 Å². The predicted octanol–water partition coefficient (Wildman–Crippen LogP) is 3.41. The molecule has 0 bridgehead atoms. The molecule has 1 aromatic heterocycles. The van der Waals surface area contributed by atoms with Gasteiger partial charge in [-0.25, -0.2) is 0 Å². The molecule has 0 aliphatic carbocycles. The standard InChI is InChI=1S/C16H19N3OS/c1-4-19(9-11(3)8-17)16(20)15-14(18)12-6-5-10(2)7-13(12)21-15/h5-7,11H,4,9,18H2,1-3H3. The summed E-state index contributed by atoms with van der Waals surface area (Å²) >= 11 is 1.43. The van der Waals surface area contributed by atoms with E-state index in [-0.39, 0.29) is 11.8 Å². The molecule has 0 radical (unpaired) electrons. The summed E-state index contributed by atoms with van der Waals surface area (Å²) in [4.78, 5) is 14.9. The SMILES string of the molecule is CCN(CC(C)C#N)C(=O)c1sc2cc(C)ccc2c1N. The Labute approximate surface area is 128 Å². The van der Waals surface area contributed by atoms with E-state index < -0.39 is 0 Å². The molecule has 1 aromatic carbocycles. The van der Waals surface area contributed by atoms with Gasteiger partial charge in [0.2, 0.25) is 0 Å². The van der Waals surface area contributed by atoms with E-state index in [9.17, 15) is 4.79 Å². The van der Waals surface area contributed by atoms with Gasteiger partial charge < -0.3 is 10.6 Å². The van der Waals surface area contributed by atoms with Crippen LogP contribution >= 0.6 is 11.3 Å². The molecule has 0 aliphatic rings. The summed E-state index contributed by atoms with van der Waals surface area (Å²) in [5.74, 6) is -0.275. The minimum absolute atomic E-state index is 0.0871. The normalized spacial score (nSPS) is 12.1. The zero-order valence-electron chi connectivity index (χ0n) is 12.5. The van der Waals surface area contributed by atoms with E-state index in [0.29, 0.717) is 23.7 Å². The van der Waals surface area contributed by atoms with Crippen LogP contribution in [-0.2, 0) is 0 Å². The third-order valence-electron chi connectivity index (χ3n) is 3.46. The highest BCUT2D eigenvalue weighted by Gasteiger charge is 2.22. The molecule has 1 unspecified atom stereocenters. The van der Waals surface area contributed by atoms with E-state index in [1.165, 1.54) is 11.3 Å². The van der Waals surface area contributed by atoms with Gasteiger partial charge in [-0.15, -0.1) is 11.3 Å². The largest absolute Gasteiger partial charge is 0.397 e. The van der Waals surface area contributed by atoms with Gasteiger partial charge in [0.1, 0.15) is 4.88 Å². The third-order valence-corrected chi connectivity index (χ3v) is 4.62. The Balaban J connectivity index is 2.38. The summed E-state index contributed by atoms with van der Waals surface area (Å²) in [6.45, 7) is 6.74. The predicted molar refractivity (Wildman–Crippen MR) is 87.3 cm³/mol. The number of nitriles is 1. The van der Waals surface area contributed by atoms with Crippen molar-refractivity contribution in [3.63, 3.8) is 0 Å². The van der Waals surface area contributed by atoms with Crippen LogP contribution in [0.5, 0.6) is 0 Å². The van der Waals surface area contributed by atoms with E-state index in [1.807, 2.05) is 39.0 Å². The first-order valence-corrected chi connectivity index (χ1v) is 7.77. The van der Waals surface area contributed by atoms with E-state index in [4.69, 9.17) is 11.0 Å². The van der Waals surface area contributed by atoms with Crippen LogP contribution in [0.25, 0.3) is 10.1 Å². The zero-order valence-corrected chi connectivity index (χ0v) is 13.3. The van der Waals surface area contributed by atoms with Gasteiger partial charge in [0.15, 0.2) is 0 Å². The van der Waals surface area contributed by atoms with Gasteiger partial charge in [-0.05, 0) is 32.4 Å². The lowest BCUT2D eigenvalue weighted by atomic mass is 10.1. The second-order valence-electron chi connectivity index (χ2n) is 5.22. The Morgan fingerprint density at radius 2 is 2.24 bits per heavy atom. The summed E-state index contributed by atoms with van der Waals surface area (Å²) in [6, 6.07) is 8.16. The highest BCUT2D eigenvalue weighted by molar-refractivity contribution is 7.21. The molecule has 0 fully saturated rings. The lowest BCUT2D eigenvalue weighted by Gasteiger charge is -2.21. The molecule has 2 aromatic rings. The van der Waals surface area contributed by atoms with Crippen LogP contribution in [-0.4, -0.2) is 23.9 Å². The lowest BCUT2D eigenvalue weighted by Crippen LogP contribution is -2.34. The Morgan fingerprint density at radius 1 is 1.52 bits per heavy atom. The molecule has 2 rings (SSSR count). The van der Waals surface area contributed by atoms with Crippen LogP contribution in [0.2, 0.25) is 0 Å². The van der Waals surface area contributed by atoms with Gasteiger partial charge in [-0.3, -0.25) is 4.79 Å². The maximum Gasteiger partial charge on any atom is 0.266 e. The quantitative estimate of drug-likeness (QED) is 0.940. The van der Waals surface area contributed by atoms with Gasteiger partial charge in [0, 0.05) is 23.2 Å². The molecule has 0 aliphatic heterocycles. The van der Waals surface area contributed by atoms with Crippen LogP contribution in [0.3, 0.4) is 0 Å². The summed E-state index contributed by atoms with van der Waals surface area (Å²) in [7, 11) is 0. The Hall–Kier alpha value is -2.06. The smallest absolute Gasteiger partial charge is 0.266 e. The summed E-state index contributed by atoms with van der Waals surface area (Å²) in [5.41, 5.74) is 7.83. The second-order valence-corrected chi connectivity index (χ2v) is 6.27. The van der Waals surface area contributed by atoms with Crippen molar-refractivity contribution < 1.29 is 4.79 Å². The number of hydrogen-bond acceptors (Lipinski definition) is 4. The van der Waals surface area contributed by atoms with E-state index in [1.54, 1.807) is 4.90 Å².